The Hall–Kier alpha value is -2.55. The number of halogens is 2. The average molecular weight is 395 g/mol. The molecule has 2 nitrogen and oxygen atoms in total. The van der Waals surface area contributed by atoms with Gasteiger partial charge >= 0.3 is 5.63 Å². The van der Waals surface area contributed by atoms with Crippen molar-refractivity contribution in [3.63, 3.8) is 0 Å². The maximum Gasteiger partial charge on any atom is 0.344 e. The fraction of sp³-hybridized carbons (Fsp3) is 0.0870. The summed E-state index contributed by atoms with van der Waals surface area (Å²) in [6.45, 7) is 1.89. The Balaban J connectivity index is 2.04. The predicted molar refractivity (Wildman–Crippen MR) is 112 cm³/mol. The van der Waals surface area contributed by atoms with Crippen molar-refractivity contribution in [3.05, 3.63) is 104 Å². The first-order valence-corrected chi connectivity index (χ1v) is 9.34. The molecule has 4 rings (SSSR count). The normalized spacial score (nSPS) is 11.1. The van der Waals surface area contributed by atoms with Gasteiger partial charge in [0.05, 0.1) is 5.56 Å². The summed E-state index contributed by atoms with van der Waals surface area (Å²) in [6, 6.07) is 21.0. The highest BCUT2D eigenvalue weighted by Crippen LogP contribution is 2.33. The molecule has 0 atom stereocenters. The summed E-state index contributed by atoms with van der Waals surface area (Å²) in [4.78, 5) is 12.9. The van der Waals surface area contributed by atoms with Gasteiger partial charge < -0.3 is 4.42 Å². The molecule has 1 heterocycles. The molecule has 0 fully saturated rings. The van der Waals surface area contributed by atoms with Crippen molar-refractivity contribution >= 4 is 34.2 Å². The maximum absolute atomic E-state index is 12.9. The van der Waals surface area contributed by atoms with Gasteiger partial charge in [0, 0.05) is 15.4 Å². The van der Waals surface area contributed by atoms with Crippen molar-refractivity contribution in [1.82, 2.24) is 0 Å². The second-order valence-corrected chi connectivity index (χ2v) is 7.35. The molecular weight excluding hydrogens is 379 g/mol. The van der Waals surface area contributed by atoms with E-state index >= 15 is 0 Å². The van der Waals surface area contributed by atoms with Crippen LogP contribution in [-0.4, -0.2) is 0 Å². The first-order chi connectivity index (χ1) is 13.0. The van der Waals surface area contributed by atoms with Crippen LogP contribution in [0.15, 0.2) is 75.9 Å². The first kappa shape index (κ1) is 17.8. The average Bonchev–Trinajstić information content (AvgIpc) is 2.66. The molecule has 4 aromatic rings. The monoisotopic (exact) mass is 394 g/mol. The third-order valence-electron chi connectivity index (χ3n) is 4.65. The number of benzene rings is 3. The van der Waals surface area contributed by atoms with Crippen LogP contribution in [0.2, 0.25) is 10.0 Å². The van der Waals surface area contributed by atoms with Crippen molar-refractivity contribution in [2.24, 2.45) is 0 Å². The molecule has 0 aliphatic rings. The van der Waals surface area contributed by atoms with E-state index in [1.54, 1.807) is 12.1 Å². The van der Waals surface area contributed by atoms with Gasteiger partial charge in [-0.05, 0) is 59.9 Å². The lowest BCUT2D eigenvalue weighted by Gasteiger charge is -2.13. The molecule has 27 heavy (non-hydrogen) atoms. The number of fused-ring (bicyclic) bond motifs is 1. The zero-order chi connectivity index (χ0) is 19.0. The van der Waals surface area contributed by atoms with E-state index in [1.807, 2.05) is 61.5 Å². The quantitative estimate of drug-likeness (QED) is 0.363. The van der Waals surface area contributed by atoms with E-state index in [0.717, 1.165) is 27.6 Å². The number of hydrogen-bond acceptors (Lipinski definition) is 2. The van der Waals surface area contributed by atoms with E-state index in [-0.39, 0.29) is 5.63 Å². The topological polar surface area (TPSA) is 30.2 Å². The molecule has 0 spiro atoms. The third kappa shape index (κ3) is 3.51. The van der Waals surface area contributed by atoms with Crippen LogP contribution < -0.4 is 5.63 Å². The van der Waals surface area contributed by atoms with Crippen molar-refractivity contribution in [1.29, 1.82) is 0 Å². The molecule has 0 bridgehead atoms. The van der Waals surface area contributed by atoms with Crippen LogP contribution in [0.4, 0.5) is 0 Å². The Kier molecular flexibility index (Phi) is 4.77. The van der Waals surface area contributed by atoms with Gasteiger partial charge in [0.15, 0.2) is 0 Å². The minimum absolute atomic E-state index is 0.363. The van der Waals surface area contributed by atoms with Crippen molar-refractivity contribution in [3.8, 4) is 11.1 Å². The molecule has 0 saturated carbocycles. The molecule has 1 aromatic heterocycles. The Labute approximate surface area is 167 Å². The van der Waals surface area contributed by atoms with Crippen LogP contribution in [0.25, 0.3) is 22.1 Å². The van der Waals surface area contributed by atoms with Gasteiger partial charge in [-0.2, -0.15) is 0 Å². The van der Waals surface area contributed by atoms with E-state index < -0.39 is 0 Å². The highest BCUT2D eigenvalue weighted by molar-refractivity contribution is 6.32. The lowest BCUT2D eigenvalue weighted by Crippen LogP contribution is -2.09. The summed E-state index contributed by atoms with van der Waals surface area (Å²) in [5, 5.41) is 2.11. The fourth-order valence-corrected chi connectivity index (χ4v) is 3.57. The maximum atomic E-state index is 12.9. The first-order valence-electron chi connectivity index (χ1n) is 8.58. The second-order valence-electron chi connectivity index (χ2n) is 6.51. The Bertz CT molecular complexity index is 1180. The van der Waals surface area contributed by atoms with Crippen LogP contribution in [0.5, 0.6) is 0 Å². The van der Waals surface area contributed by atoms with Gasteiger partial charge in [-0.15, -0.1) is 0 Å². The summed E-state index contributed by atoms with van der Waals surface area (Å²) in [7, 11) is 0. The SMILES string of the molecule is Cc1cc2oc(=O)c(-c3ccc(Cl)cc3)c(Cc3ccccc3)c2cc1Cl. The molecule has 0 aliphatic carbocycles. The summed E-state index contributed by atoms with van der Waals surface area (Å²) in [5.74, 6) is 0. The van der Waals surface area contributed by atoms with Crippen LogP contribution in [-0.2, 0) is 6.42 Å². The summed E-state index contributed by atoms with van der Waals surface area (Å²) in [6.07, 6.45) is 0.598. The minimum atomic E-state index is -0.363. The lowest BCUT2D eigenvalue weighted by atomic mass is 9.93. The molecular formula is C23H16Cl2O2. The molecule has 4 heteroatoms. The minimum Gasteiger partial charge on any atom is -0.422 e. The largest absolute Gasteiger partial charge is 0.422 e. The van der Waals surface area contributed by atoms with E-state index in [0.29, 0.717) is 27.6 Å². The molecule has 0 aliphatic heterocycles. The van der Waals surface area contributed by atoms with Crippen LogP contribution in [0.3, 0.4) is 0 Å². The molecule has 0 amide bonds. The van der Waals surface area contributed by atoms with E-state index in [1.165, 1.54) is 0 Å². The fourth-order valence-electron chi connectivity index (χ4n) is 3.28. The molecule has 0 saturated heterocycles. The number of aryl methyl sites for hydroxylation is 1. The van der Waals surface area contributed by atoms with Crippen molar-refractivity contribution in [2.45, 2.75) is 13.3 Å². The Morgan fingerprint density at radius 3 is 2.33 bits per heavy atom. The molecule has 0 radical (unpaired) electrons. The van der Waals surface area contributed by atoms with E-state index in [2.05, 4.69) is 0 Å². The molecule has 3 aromatic carbocycles. The summed E-state index contributed by atoms with van der Waals surface area (Å²) < 4.78 is 5.64. The highest BCUT2D eigenvalue weighted by atomic mass is 35.5. The van der Waals surface area contributed by atoms with Crippen molar-refractivity contribution < 1.29 is 4.42 Å². The van der Waals surface area contributed by atoms with Crippen LogP contribution in [0, 0.1) is 6.92 Å². The van der Waals surface area contributed by atoms with Gasteiger partial charge in [-0.3, -0.25) is 0 Å². The van der Waals surface area contributed by atoms with Crippen molar-refractivity contribution in [2.75, 3.05) is 0 Å². The number of rotatable bonds is 3. The standard InChI is InChI=1S/C23H16Cl2O2/c1-14-11-21-18(13-20(14)25)19(12-15-5-3-2-4-6-15)22(23(26)27-21)16-7-9-17(24)10-8-16/h2-11,13H,12H2,1H3. The van der Waals surface area contributed by atoms with Gasteiger partial charge in [0.25, 0.3) is 0 Å². The Morgan fingerprint density at radius 1 is 0.926 bits per heavy atom. The Morgan fingerprint density at radius 2 is 1.63 bits per heavy atom. The third-order valence-corrected chi connectivity index (χ3v) is 5.31. The zero-order valence-corrected chi connectivity index (χ0v) is 16.1. The predicted octanol–water partition coefficient (Wildman–Crippen LogP) is 6.67. The van der Waals surface area contributed by atoms with Crippen LogP contribution >= 0.6 is 23.2 Å². The highest BCUT2D eigenvalue weighted by Gasteiger charge is 2.18. The van der Waals surface area contributed by atoms with E-state index in [9.17, 15) is 4.79 Å². The smallest absolute Gasteiger partial charge is 0.344 e. The zero-order valence-electron chi connectivity index (χ0n) is 14.6. The molecule has 134 valence electrons. The molecule has 0 unspecified atom stereocenters. The van der Waals surface area contributed by atoms with Crippen LogP contribution in [0.1, 0.15) is 16.7 Å². The summed E-state index contributed by atoms with van der Waals surface area (Å²) >= 11 is 12.4. The number of hydrogen-bond donors (Lipinski definition) is 0. The molecule has 0 N–H and O–H groups in total. The van der Waals surface area contributed by atoms with Gasteiger partial charge in [-0.1, -0.05) is 65.7 Å². The van der Waals surface area contributed by atoms with E-state index in [4.69, 9.17) is 27.6 Å². The van der Waals surface area contributed by atoms with Gasteiger partial charge in [-0.25, -0.2) is 4.79 Å². The van der Waals surface area contributed by atoms with Gasteiger partial charge in [0.1, 0.15) is 5.58 Å². The summed E-state index contributed by atoms with van der Waals surface area (Å²) in [5.41, 5.74) is 4.38. The second kappa shape index (κ2) is 7.22. The van der Waals surface area contributed by atoms with Gasteiger partial charge in [0.2, 0.25) is 0 Å². The lowest BCUT2D eigenvalue weighted by molar-refractivity contribution is 0.561.